The van der Waals surface area contributed by atoms with E-state index in [1.807, 2.05) is 18.2 Å². The van der Waals surface area contributed by atoms with E-state index >= 15 is 0 Å². The van der Waals surface area contributed by atoms with Crippen LogP contribution in [0, 0.1) is 0 Å². The monoisotopic (exact) mass is 390 g/mol. The lowest BCUT2D eigenvalue weighted by Crippen LogP contribution is -2.25. The molecule has 0 radical (unpaired) electrons. The Labute approximate surface area is 170 Å². The zero-order valence-corrected chi connectivity index (χ0v) is 16.6. The van der Waals surface area contributed by atoms with E-state index in [1.165, 1.54) is 5.56 Å². The van der Waals surface area contributed by atoms with Gasteiger partial charge in [0.2, 0.25) is 5.91 Å². The third kappa shape index (κ3) is 6.04. The van der Waals surface area contributed by atoms with E-state index in [0.29, 0.717) is 37.3 Å². The van der Waals surface area contributed by atoms with Gasteiger partial charge in [-0.2, -0.15) is 5.10 Å². The van der Waals surface area contributed by atoms with Crippen LogP contribution in [-0.2, 0) is 17.8 Å². The number of amides is 2. The average Bonchev–Trinajstić information content (AvgIpc) is 3.18. The number of rotatable bonds is 9. The summed E-state index contributed by atoms with van der Waals surface area (Å²) in [6.07, 6.45) is 3.58. The Kier molecular flexibility index (Phi) is 7.16. The summed E-state index contributed by atoms with van der Waals surface area (Å²) in [5.74, 6) is 0.447. The Morgan fingerprint density at radius 2 is 1.69 bits per heavy atom. The van der Waals surface area contributed by atoms with Gasteiger partial charge in [-0.3, -0.25) is 9.59 Å². The fourth-order valence-corrected chi connectivity index (χ4v) is 2.97. The van der Waals surface area contributed by atoms with E-state index in [0.717, 1.165) is 12.0 Å². The number of hydrogen-bond donors (Lipinski definition) is 2. The molecule has 6 nitrogen and oxygen atoms in total. The summed E-state index contributed by atoms with van der Waals surface area (Å²) in [6.45, 7) is 3.17. The predicted octanol–water partition coefficient (Wildman–Crippen LogP) is 3.64. The van der Waals surface area contributed by atoms with Gasteiger partial charge in [0.1, 0.15) is 5.82 Å². The number of nitrogens with zero attached hydrogens (tertiary/aromatic N) is 2. The van der Waals surface area contributed by atoms with Crippen LogP contribution in [0.1, 0.15) is 41.3 Å². The molecule has 2 amide bonds. The molecule has 0 atom stereocenters. The highest BCUT2D eigenvalue weighted by molar-refractivity contribution is 5.94. The van der Waals surface area contributed by atoms with E-state index in [-0.39, 0.29) is 11.8 Å². The summed E-state index contributed by atoms with van der Waals surface area (Å²) >= 11 is 0. The molecule has 1 heterocycles. The van der Waals surface area contributed by atoms with Gasteiger partial charge in [0, 0.05) is 24.6 Å². The SMILES string of the molecule is CCc1ccc(Cn2nccc2NC(=O)CCCNC(=O)c2ccccc2)cc1. The lowest BCUT2D eigenvalue weighted by Gasteiger charge is -2.10. The van der Waals surface area contributed by atoms with Crippen molar-refractivity contribution in [3.8, 4) is 0 Å². The molecule has 0 aliphatic heterocycles. The molecule has 29 heavy (non-hydrogen) atoms. The van der Waals surface area contributed by atoms with E-state index < -0.39 is 0 Å². The number of carbonyl (C=O) groups is 2. The second kappa shape index (κ2) is 10.2. The van der Waals surface area contributed by atoms with Crippen molar-refractivity contribution >= 4 is 17.6 Å². The second-order valence-corrected chi connectivity index (χ2v) is 6.82. The zero-order chi connectivity index (χ0) is 20.5. The van der Waals surface area contributed by atoms with Crippen molar-refractivity contribution in [2.24, 2.45) is 0 Å². The van der Waals surface area contributed by atoms with Gasteiger partial charge in [-0.15, -0.1) is 0 Å². The van der Waals surface area contributed by atoms with E-state index in [1.54, 1.807) is 29.1 Å². The largest absolute Gasteiger partial charge is 0.352 e. The lowest BCUT2D eigenvalue weighted by atomic mass is 10.1. The Bertz CT molecular complexity index is 933. The molecule has 0 unspecified atom stereocenters. The smallest absolute Gasteiger partial charge is 0.251 e. The highest BCUT2D eigenvalue weighted by Gasteiger charge is 2.09. The van der Waals surface area contributed by atoms with Crippen molar-refractivity contribution in [3.05, 3.63) is 83.6 Å². The molecule has 0 spiro atoms. The van der Waals surface area contributed by atoms with Crippen LogP contribution < -0.4 is 10.6 Å². The first kappa shape index (κ1) is 20.3. The van der Waals surface area contributed by atoms with Crippen molar-refractivity contribution in [2.75, 3.05) is 11.9 Å². The molecule has 0 saturated carbocycles. The van der Waals surface area contributed by atoms with Gasteiger partial charge in [0.05, 0.1) is 12.7 Å². The summed E-state index contributed by atoms with van der Waals surface area (Å²) in [7, 11) is 0. The van der Waals surface area contributed by atoms with Crippen LogP contribution in [-0.4, -0.2) is 28.1 Å². The molecule has 0 aliphatic carbocycles. The average molecular weight is 390 g/mol. The Balaban J connectivity index is 1.44. The van der Waals surface area contributed by atoms with Crippen LogP contribution >= 0.6 is 0 Å². The summed E-state index contributed by atoms with van der Waals surface area (Å²) < 4.78 is 1.77. The Morgan fingerprint density at radius 3 is 2.41 bits per heavy atom. The zero-order valence-electron chi connectivity index (χ0n) is 16.6. The number of hydrogen-bond acceptors (Lipinski definition) is 3. The first-order valence-corrected chi connectivity index (χ1v) is 9.88. The summed E-state index contributed by atoms with van der Waals surface area (Å²) in [5.41, 5.74) is 3.04. The van der Waals surface area contributed by atoms with E-state index in [4.69, 9.17) is 0 Å². The normalized spacial score (nSPS) is 10.5. The molecule has 2 aromatic carbocycles. The minimum Gasteiger partial charge on any atom is -0.352 e. The molecular weight excluding hydrogens is 364 g/mol. The summed E-state index contributed by atoms with van der Waals surface area (Å²) in [6, 6.07) is 19.2. The first-order valence-electron chi connectivity index (χ1n) is 9.88. The molecule has 0 bridgehead atoms. The van der Waals surface area contributed by atoms with Gasteiger partial charge >= 0.3 is 0 Å². The standard InChI is InChI=1S/C23H26N4O2/c1-2-18-10-12-19(13-11-18)17-27-21(14-16-25-27)26-22(28)9-6-15-24-23(29)20-7-4-3-5-8-20/h3-5,7-8,10-14,16H,2,6,9,15,17H2,1H3,(H,24,29)(H,26,28). The molecule has 3 aromatic rings. The highest BCUT2D eigenvalue weighted by Crippen LogP contribution is 2.12. The van der Waals surface area contributed by atoms with Gasteiger partial charge < -0.3 is 10.6 Å². The molecule has 150 valence electrons. The molecular formula is C23H26N4O2. The molecule has 0 saturated heterocycles. The van der Waals surface area contributed by atoms with Crippen LogP contribution in [0.2, 0.25) is 0 Å². The van der Waals surface area contributed by atoms with Crippen LogP contribution in [0.4, 0.5) is 5.82 Å². The van der Waals surface area contributed by atoms with Crippen LogP contribution in [0.5, 0.6) is 0 Å². The van der Waals surface area contributed by atoms with Gasteiger partial charge in [0.25, 0.3) is 5.91 Å². The fourth-order valence-electron chi connectivity index (χ4n) is 2.97. The lowest BCUT2D eigenvalue weighted by molar-refractivity contribution is -0.116. The van der Waals surface area contributed by atoms with Crippen LogP contribution in [0.25, 0.3) is 0 Å². The number of anilines is 1. The highest BCUT2D eigenvalue weighted by atomic mass is 16.2. The third-order valence-corrected chi connectivity index (χ3v) is 4.65. The Morgan fingerprint density at radius 1 is 0.966 bits per heavy atom. The molecule has 1 aromatic heterocycles. The molecule has 3 rings (SSSR count). The van der Waals surface area contributed by atoms with Crippen LogP contribution in [0.15, 0.2) is 66.9 Å². The fraction of sp³-hybridized carbons (Fsp3) is 0.261. The van der Waals surface area contributed by atoms with E-state index in [9.17, 15) is 9.59 Å². The molecule has 0 aliphatic rings. The van der Waals surface area contributed by atoms with Crippen molar-refractivity contribution in [2.45, 2.75) is 32.7 Å². The number of aryl methyl sites for hydroxylation is 1. The van der Waals surface area contributed by atoms with Gasteiger partial charge in [-0.1, -0.05) is 49.4 Å². The molecule has 2 N–H and O–H groups in total. The van der Waals surface area contributed by atoms with Gasteiger partial charge in [-0.05, 0) is 36.1 Å². The third-order valence-electron chi connectivity index (χ3n) is 4.65. The maximum atomic E-state index is 12.2. The second-order valence-electron chi connectivity index (χ2n) is 6.82. The first-order chi connectivity index (χ1) is 14.2. The number of carbonyl (C=O) groups excluding carboxylic acids is 2. The minimum absolute atomic E-state index is 0.0953. The summed E-state index contributed by atoms with van der Waals surface area (Å²) in [5, 5.41) is 10.0. The van der Waals surface area contributed by atoms with Crippen molar-refractivity contribution in [1.82, 2.24) is 15.1 Å². The molecule has 6 heteroatoms. The minimum atomic E-state index is -0.127. The summed E-state index contributed by atoms with van der Waals surface area (Å²) in [4.78, 5) is 24.2. The number of aromatic nitrogens is 2. The topological polar surface area (TPSA) is 76.0 Å². The van der Waals surface area contributed by atoms with Crippen molar-refractivity contribution in [3.63, 3.8) is 0 Å². The van der Waals surface area contributed by atoms with Gasteiger partial charge in [0.15, 0.2) is 0 Å². The van der Waals surface area contributed by atoms with Crippen LogP contribution in [0.3, 0.4) is 0 Å². The maximum absolute atomic E-state index is 12.2. The van der Waals surface area contributed by atoms with E-state index in [2.05, 4.69) is 46.9 Å². The van der Waals surface area contributed by atoms with Crippen molar-refractivity contribution in [1.29, 1.82) is 0 Å². The predicted molar refractivity (Wildman–Crippen MR) is 114 cm³/mol. The number of nitrogens with one attached hydrogen (secondary N) is 2. The maximum Gasteiger partial charge on any atom is 0.251 e. The van der Waals surface area contributed by atoms with Gasteiger partial charge in [-0.25, -0.2) is 4.68 Å². The Hall–Kier alpha value is -3.41. The molecule has 0 fully saturated rings. The quantitative estimate of drug-likeness (QED) is 0.548. The van der Waals surface area contributed by atoms with Crippen molar-refractivity contribution < 1.29 is 9.59 Å². The number of benzene rings is 2.